The lowest BCUT2D eigenvalue weighted by Crippen LogP contribution is -2.35. The van der Waals surface area contributed by atoms with Crippen molar-refractivity contribution in [3.63, 3.8) is 0 Å². The minimum atomic E-state index is -0.483. The van der Waals surface area contributed by atoms with Crippen molar-refractivity contribution in [3.05, 3.63) is 62.6 Å². The molecule has 0 unspecified atom stereocenters. The van der Waals surface area contributed by atoms with E-state index in [4.69, 9.17) is 16.3 Å². The molecule has 0 radical (unpaired) electrons. The highest BCUT2D eigenvalue weighted by molar-refractivity contribution is 9.10. The molecule has 2 amide bonds. The number of benzene rings is 2. The highest BCUT2D eigenvalue weighted by atomic mass is 79.9. The molecule has 0 spiro atoms. The summed E-state index contributed by atoms with van der Waals surface area (Å²) in [4.78, 5) is 25.0. The first kappa shape index (κ1) is 17.5. The lowest BCUT2D eigenvalue weighted by molar-refractivity contribution is -0.117. The summed E-state index contributed by atoms with van der Waals surface area (Å²) in [5.74, 6) is -0.371. The number of hydrazine groups is 1. The molecule has 0 atom stereocenters. The summed E-state index contributed by atoms with van der Waals surface area (Å²) in [7, 11) is 1.53. The third-order valence-electron chi connectivity index (χ3n) is 3.80. The molecule has 3 rings (SSSR count). The van der Waals surface area contributed by atoms with Gasteiger partial charge in [0.15, 0.2) is 0 Å². The Hall–Kier alpha value is -2.31. The summed E-state index contributed by atoms with van der Waals surface area (Å²) < 4.78 is 6.10. The van der Waals surface area contributed by atoms with E-state index in [0.717, 1.165) is 10.0 Å². The number of methoxy groups -OCH3 is 1. The zero-order valence-electron chi connectivity index (χ0n) is 13.5. The zero-order chi connectivity index (χ0) is 18.1. The van der Waals surface area contributed by atoms with Gasteiger partial charge in [-0.2, -0.15) is 0 Å². The Morgan fingerprint density at radius 1 is 1.20 bits per heavy atom. The second-order valence-corrected chi connectivity index (χ2v) is 6.78. The lowest BCUT2D eigenvalue weighted by Gasteiger charge is -2.15. The van der Waals surface area contributed by atoms with Crippen molar-refractivity contribution in [1.82, 2.24) is 5.43 Å². The summed E-state index contributed by atoms with van der Waals surface area (Å²) >= 11 is 9.49. The average molecular weight is 422 g/mol. The van der Waals surface area contributed by atoms with E-state index in [1.54, 1.807) is 30.3 Å². The number of nitrogens with one attached hydrogen (secondary N) is 1. The molecule has 2 aromatic rings. The van der Waals surface area contributed by atoms with Gasteiger partial charge in [-0.15, -0.1) is 0 Å². The van der Waals surface area contributed by atoms with Crippen LogP contribution in [0.5, 0.6) is 5.75 Å². The summed E-state index contributed by atoms with van der Waals surface area (Å²) in [6.45, 7) is 1.86. The van der Waals surface area contributed by atoms with E-state index in [0.29, 0.717) is 22.0 Å². The zero-order valence-corrected chi connectivity index (χ0v) is 15.8. The largest absolute Gasteiger partial charge is 0.496 e. The first-order valence-corrected chi connectivity index (χ1v) is 8.54. The maximum atomic E-state index is 12.7. The molecule has 1 aliphatic heterocycles. The van der Waals surface area contributed by atoms with E-state index < -0.39 is 11.8 Å². The first-order chi connectivity index (χ1) is 11.9. The monoisotopic (exact) mass is 420 g/mol. The predicted molar refractivity (Wildman–Crippen MR) is 100 cm³/mol. The fourth-order valence-corrected chi connectivity index (χ4v) is 2.99. The van der Waals surface area contributed by atoms with Crippen molar-refractivity contribution in [2.45, 2.75) is 6.92 Å². The summed E-state index contributed by atoms with van der Waals surface area (Å²) in [6, 6.07) is 10.5. The van der Waals surface area contributed by atoms with Crippen LogP contribution in [-0.2, 0) is 9.59 Å². The number of rotatable bonds is 3. The van der Waals surface area contributed by atoms with Gasteiger partial charge >= 0.3 is 0 Å². The van der Waals surface area contributed by atoms with Gasteiger partial charge in [-0.25, -0.2) is 5.01 Å². The fourth-order valence-electron chi connectivity index (χ4n) is 2.43. The quantitative estimate of drug-likeness (QED) is 0.604. The molecule has 0 bridgehead atoms. The van der Waals surface area contributed by atoms with Crippen molar-refractivity contribution in [3.8, 4) is 5.75 Å². The van der Waals surface area contributed by atoms with Crippen LogP contribution in [0.3, 0.4) is 0 Å². The second-order valence-electron chi connectivity index (χ2n) is 5.46. The van der Waals surface area contributed by atoms with E-state index in [9.17, 15) is 9.59 Å². The minimum Gasteiger partial charge on any atom is -0.496 e. The second kappa shape index (κ2) is 6.90. The van der Waals surface area contributed by atoms with E-state index in [-0.39, 0.29) is 5.57 Å². The van der Waals surface area contributed by atoms with Crippen LogP contribution in [0.2, 0.25) is 5.02 Å². The molecule has 1 saturated heterocycles. The normalized spacial score (nSPS) is 15.7. The van der Waals surface area contributed by atoms with E-state index in [2.05, 4.69) is 21.4 Å². The van der Waals surface area contributed by atoms with Gasteiger partial charge < -0.3 is 4.74 Å². The van der Waals surface area contributed by atoms with Gasteiger partial charge in [0, 0.05) is 15.1 Å². The van der Waals surface area contributed by atoms with Crippen LogP contribution in [0.1, 0.15) is 11.1 Å². The lowest BCUT2D eigenvalue weighted by atomic mass is 10.1. The Kier molecular flexibility index (Phi) is 4.83. The number of hydrogen-bond donors (Lipinski definition) is 1. The number of ether oxygens (including phenoxy) is 1. The van der Waals surface area contributed by atoms with Crippen LogP contribution in [-0.4, -0.2) is 18.9 Å². The molecule has 0 saturated carbocycles. The SMILES string of the molecule is COc1ccc(Br)cc1C=C1C(=O)NN(c2ccc(C)c(Cl)c2)C1=O. The number of hydrogen-bond acceptors (Lipinski definition) is 3. The van der Waals surface area contributed by atoms with Crippen molar-refractivity contribution in [2.24, 2.45) is 0 Å². The Labute approximate surface area is 158 Å². The molecule has 7 heteroatoms. The van der Waals surface area contributed by atoms with Crippen molar-refractivity contribution in [2.75, 3.05) is 12.1 Å². The molecule has 5 nitrogen and oxygen atoms in total. The smallest absolute Gasteiger partial charge is 0.282 e. The number of amides is 2. The molecule has 1 fully saturated rings. The van der Waals surface area contributed by atoms with Gasteiger partial charge in [0.1, 0.15) is 11.3 Å². The van der Waals surface area contributed by atoms with Crippen molar-refractivity contribution >= 4 is 51.1 Å². The molecule has 1 N–H and O–H groups in total. The number of anilines is 1. The van der Waals surface area contributed by atoms with Crippen LogP contribution >= 0.6 is 27.5 Å². The van der Waals surface area contributed by atoms with Crippen molar-refractivity contribution < 1.29 is 14.3 Å². The van der Waals surface area contributed by atoms with Gasteiger partial charge in [0.2, 0.25) is 0 Å². The molecule has 2 aromatic carbocycles. The van der Waals surface area contributed by atoms with Crippen LogP contribution in [0.4, 0.5) is 5.69 Å². The first-order valence-electron chi connectivity index (χ1n) is 7.37. The predicted octanol–water partition coefficient (Wildman–Crippen LogP) is 3.88. The Balaban J connectivity index is 1.99. The van der Waals surface area contributed by atoms with Crippen LogP contribution in [0.15, 0.2) is 46.4 Å². The number of halogens is 2. The average Bonchev–Trinajstić information content (AvgIpc) is 2.86. The Morgan fingerprint density at radius 2 is 1.96 bits per heavy atom. The highest BCUT2D eigenvalue weighted by Gasteiger charge is 2.34. The molecular formula is C18H14BrClN2O3. The molecule has 1 heterocycles. The van der Waals surface area contributed by atoms with Gasteiger partial charge in [-0.05, 0) is 48.9 Å². The van der Waals surface area contributed by atoms with Crippen LogP contribution in [0, 0.1) is 6.92 Å². The summed E-state index contributed by atoms with van der Waals surface area (Å²) in [5, 5.41) is 1.70. The third kappa shape index (κ3) is 3.41. The van der Waals surface area contributed by atoms with E-state index in [1.807, 2.05) is 13.0 Å². The van der Waals surface area contributed by atoms with Gasteiger partial charge in [-0.1, -0.05) is 33.6 Å². The fraction of sp³-hybridized carbons (Fsp3) is 0.111. The third-order valence-corrected chi connectivity index (χ3v) is 4.70. The van der Waals surface area contributed by atoms with Crippen molar-refractivity contribution in [1.29, 1.82) is 0 Å². The van der Waals surface area contributed by atoms with E-state index in [1.165, 1.54) is 18.2 Å². The molecule has 25 heavy (non-hydrogen) atoms. The van der Waals surface area contributed by atoms with Gasteiger partial charge in [-0.3, -0.25) is 15.0 Å². The molecule has 0 aromatic heterocycles. The Morgan fingerprint density at radius 3 is 2.64 bits per heavy atom. The molecule has 1 aliphatic rings. The van der Waals surface area contributed by atoms with Crippen LogP contribution in [0.25, 0.3) is 6.08 Å². The summed E-state index contributed by atoms with van der Waals surface area (Å²) in [5.41, 5.74) is 4.59. The van der Waals surface area contributed by atoms with Gasteiger partial charge in [0.25, 0.3) is 11.8 Å². The number of aryl methyl sites for hydroxylation is 1. The Bertz CT molecular complexity index is 911. The maximum Gasteiger partial charge on any atom is 0.282 e. The molecule has 0 aliphatic carbocycles. The number of nitrogens with zero attached hydrogens (tertiary/aromatic N) is 1. The van der Waals surface area contributed by atoms with Crippen LogP contribution < -0.4 is 15.2 Å². The summed E-state index contributed by atoms with van der Waals surface area (Å²) in [6.07, 6.45) is 1.51. The standard InChI is InChI=1S/C18H14BrClN2O3/c1-10-3-5-13(9-15(10)20)22-18(24)14(17(23)21-22)8-11-7-12(19)4-6-16(11)25-2/h3-9H,1-2H3,(H,21,23). The van der Waals surface area contributed by atoms with E-state index >= 15 is 0 Å². The molecular weight excluding hydrogens is 408 g/mol. The number of carbonyl (C=O) groups is 2. The number of carbonyl (C=O) groups excluding carboxylic acids is 2. The minimum absolute atomic E-state index is 0.0214. The topological polar surface area (TPSA) is 58.6 Å². The highest BCUT2D eigenvalue weighted by Crippen LogP contribution is 2.29. The molecule has 128 valence electrons. The maximum absolute atomic E-state index is 12.7. The van der Waals surface area contributed by atoms with Gasteiger partial charge in [0.05, 0.1) is 12.8 Å².